The van der Waals surface area contributed by atoms with E-state index in [1.165, 1.54) is 0 Å². The molecule has 7 nitrogen and oxygen atoms in total. The van der Waals surface area contributed by atoms with E-state index in [1.54, 1.807) is 4.90 Å². The molecule has 0 bridgehead atoms. The zero-order valence-electron chi connectivity index (χ0n) is 20.6. The number of anilines is 1. The molecule has 1 aromatic carbocycles. The second-order valence-electron chi connectivity index (χ2n) is 11.0. The molecule has 1 saturated carbocycles. The van der Waals surface area contributed by atoms with E-state index in [0.717, 1.165) is 61.2 Å². The number of hydrogen-bond donors (Lipinski definition) is 0. The number of fused-ring (bicyclic) bond motifs is 3. The van der Waals surface area contributed by atoms with Crippen molar-refractivity contribution in [2.75, 3.05) is 23.9 Å². The maximum atomic E-state index is 13.9. The molecule has 200 valence electrons. The van der Waals surface area contributed by atoms with Crippen LogP contribution in [0, 0.1) is 0 Å². The number of hydrogen-bond acceptors (Lipinski definition) is 5. The van der Waals surface area contributed by atoms with E-state index in [-0.39, 0.29) is 36.5 Å². The van der Waals surface area contributed by atoms with Crippen LogP contribution in [0.1, 0.15) is 61.3 Å². The van der Waals surface area contributed by atoms with Crippen molar-refractivity contribution in [2.24, 2.45) is 0 Å². The Hall–Kier alpha value is -2.40. The van der Waals surface area contributed by atoms with E-state index in [0.29, 0.717) is 18.9 Å². The van der Waals surface area contributed by atoms with E-state index in [1.807, 2.05) is 33.7 Å². The molecule has 2 aliphatic heterocycles. The predicted octanol–water partition coefficient (Wildman–Crippen LogP) is 3.74. The van der Waals surface area contributed by atoms with Crippen molar-refractivity contribution in [1.82, 2.24) is 14.5 Å². The van der Waals surface area contributed by atoms with Crippen molar-refractivity contribution < 1.29 is 26.4 Å². The van der Waals surface area contributed by atoms with Crippen molar-refractivity contribution in [2.45, 2.75) is 81.3 Å². The number of imidazole rings is 1. The van der Waals surface area contributed by atoms with E-state index in [9.17, 15) is 26.4 Å². The Kier molecular flexibility index (Phi) is 5.94. The number of sulfone groups is 1. The average molecular weight is 537 g/mol. The molecule has 1 saturated heterocycles. The van der Waals surface area contributed by atoms with Gasteiger partial charge in [0.1, 0.15) is 17.1 Å². The minimum Gasteiger partial charge on any atom is -0.330 e. The fourth-order valence-electron chi connectivity index (χ4n) is 6.28. The first-order valence-electron chi connectivity index (χ1n) is 13.1. The lowest BCUT2D eigenvalue weighted by atomic mass is 9.75. The second kappa shape index (κ2) is 8.83. The third kappa shape index (κ3) is 4.47. The summed E-state index contributed by atoms with van der Waals surface area (Å²) in [5, 5.41) is -0.241. The summed E-state index contributed by atoms with van der Waals surface area (Å²) in [5.74, 6) is 0.518. The Morgan fingerprint density at radius 2 is 1.81 bits per heavy atom. The number of para-hydroxylation sites is 1. The van der Waals surface area contributed by atoms with E-state index < -0.39 is 27.8 Å². The molecule has 0 radical (unpaired) electrons. The molecular formula is C26H31F3N4O3S. The summed E-state index contributed by atoms with van der Waals surface area (Å²) in [4.78, 5) is 22.2. The van der Waals surface area contributed by atoms with Gasteiger partial charge in [0, 0.05) is 37.4 Å². The third-order valence-corrected chi connectivity index (χ3v) is 10.4. The number of carbonyl (C=O) groups excluding carboxylic acids is 1. The van der Waals surface area contributed by atoms with Crippen molar-refractivity contribution in [3.63, 3.8) is 0 Å². The summed E-state index contributed by atoms with van der Waals surface area (Å²) in [6.45, 7) is 1.11. The normalized spacial score (nSPS) is 21.3. The maximum absolute atomic E-state index is 13.9. The molecule has 2 fully saturated rings. The van der Waals surface area contributed by atoms with Crippen LogP contribution in [0.5, 0.6) is 0 Å². The molecule has 1 aromatic heterocycles. The minimum atomic E-state index is -4.21. The largest absolute Gasteiger partial charge is 0.389 e. The Balaban J connectivity index is 1.25. The first kappa shape index (κ1) is 24.9. The van der Waals surface area contributed by atoms with Crippen LogP contribution in [0.15, 0.2) is 24.3 Å². The topological polar surface area (TPSA) is 75.5 Å². The molecule has 1 spiro atoms. The van der Waals surface area contributed by atoms with Crippen LogP contribution in [-0.2, 0) is 46.0 Å². The zero-order chi connectivity index (χ0) is 26.0. The lowest BCUT2D eigenvalue weighted by Crippen LogP contribution is -2.64. The fraction of sp³-hybridized carbons (Fsp3) is 0.615. The molecule has 4 aliphatic rings. The van der Waals surface area contributed by atoms with E-state index in [2.05, 4.69) is 0 Å². The Bertz CT molecular complexity index is 1330. The number of aryl methyl sites for hydroxylation is 1. The zero-order valence-corrected chi connectivity index (χ0v) is 21.5. The van der Waals surface area contributed by atoms with Gasteiger partial charge in [-0.25, -0.2) is 13.4 Å². The maximum Gasteiger partial charge on any atom is 0.389 e. The SMILES string of the molecule is O=C1N(Cc2nc3c(n2CCCC(F)(F)F)CCCC3)c2ccccc2C12CN(CS(=O)(=O)C1CC1)C2. The number of aromatic nitrogens is 2. The summed E-state index contributed by atoms with van der Waals surface area (Å²) < 4.78 is 65.5. The van der Waals surface area contributed by atoms with E-state index >= 15 is 0 Å². The van der Waals surface area contributed by atoms with Gasteiger partial charge in [-0.05, 0) is 56.6 Å². The molecule has 2 aliphatic carbocycles. The standard InChI is InChI=1S/C26H31F3N4O3S/c27-26(28,29)12-5-13-32-22-9-4-2-7-20(22)30-23(32)14-33-21-8-3-1-6-19(21)25(24(33)34)15-31(16-25)17-37(35,36)18-10-11-18/h1,3,6,8,18H,2,4-5,7,9-17H2. The first-order valence-corrected chi connectivity index (χ1v) is 14.8. The van der Waals surface area contributed by atoms with Crippen molar-refractivity contribution in [3.8, 4) is 0 Å². The third-order valence-electron chi connectivity index (χ3n) is 8.20. The number of alkyl halides is 3. The Labute approximate surface area is 214 Å². The van der Waals surface area contributed by atoms with Gasteiger partial charge in [-0.2, -0.15) is 13.2 Å². The van der Waals surface area contributed by atoms with Crippen LogP contribution < -0.4 is 4.90 Å². The second-order valence-corrected chi connectivity index (χ2v) is 13.2. The van der Waals surface area contributed by atoms with Gasteiger partial charge in [0.15, 0.2) is 9.84 Å². The molecule has 0 N–H and O–H groups in total. The van der Waals surface area contributed by atoms with Crippen LogP contribution in [0.2, 0.25) is 0 Å². The predicted molar refractivity (Wildman–Crippen MR) is 132 cm³/mol. The van der Waals surface area contributed by atoms with Crippen LogP contribution in [0.25, 0.3) is 0 Å². The van der Waals surface area contributed by atoms with Crippen LogP contribution in [-0.4, -0.2) is 59.2 Å². The number of amides is 1. The van der Waals surface area contributed by atoms with Crippen molar-refractivity contribution in [3.05, 3.63) is 47.0 Å². The van der Waals surface area contributed by atoms with Gasteiger partial charge in [-0.3, -0.25) is 9.69 Å². The van der Waals surface area contributed by atoms with Gasteiger partial charge in [-0.15, -0.1) is 0 Å². The molecule has 3 heterocycles. The number of likely N-dealkylation sites (tertiary alicyclic amines) is 1. The molecule has 1 amide bonds. The summed E-state index contributed by atoms with van der Waals surface area (Å²) in [6, 6.07) is 7.58. The lowest BCUT2D eigenvalue weighted by Gasteiger charge is -2.46. The highest BCUT2D eigenvalue weighted by Gasteiger charge is 2.58. The highest BCUT2D eigenvalue weighted by atomic mass is 32.2. The molecular weight excluding hydrogens is 505 g/mol. The Morgan fingerprint density at radius 3 is 2.54 bits per heavy atom. The first-order chi connectivity index (χ1) is 17.6. The number of nitrogens with zero attached hydrogens (tertiary/aromatic N) is 4. The van der Waals surface area contributed by atoms with E-state index in [4.69, 9.17) is 4.98 Å². The Morgan fingerprint density at radius 1 is 1.08 bits per heavy atom. The van der Waals surface area contributed by atoms with Crippen LogP contribution in [0.3, 0.4) is 0 Å². The molecule has 11 heteroatoms. The van der Waals surface area contributed by atoms with Crippen LogP contribution in [0.4, 0.5) is 18.9 Å². The summed E-state index contributed by atoms with van der Waals surface area (Å²) in [6.07, 6.45) is -0.0919. The summed E-state index contributed by atoms with van der Waals surface area (Å²) in [5.41, 5.74) is 2.81. The van der Waals surface area contributed by atoms with Gasteiger partial charge in [0.25, 0.3) is 0 Å². The monoisotopic (exact) mass is 536 g/mol. The number of carbonyl (C=O) groups is 1. The van der Waals surface area contributed by atoms with Crippen LogP contribution >= 0.6 is 0 Å². The van der Waals surface area contributed by atoms with Gasteiger partial charge in [0.05, 0.1) is 17.5 Å². The van der Waals surface area contributed by atoms with Gasteiger partial charge in [-0.1, -0.05) is 18.2 Å². The van der Waals surface area contributed by atoms with Gasteiger partial charge < -0.3 is 9.47 Å². The smallest absolute Gasteiger partial charge is 0.330 e. The number of rotatable bonds is 8. The van der Waals surface area contributed by atoms with Gasteiger partial charge in [0.2, 0.25) is 5.91 Å². The number of benzene rings is 1. The quantitative estimate of drug-likeness (QED) is 0.514. The number of halogens is 3. The van der Waals surface area contributed by atoms with Crippen molar-refractivity contribution >= 4 is 21.4 Å². The minimum absolute atomic E-state index is 0.0226. The summed E-state index contributed by atoms with van der Waals surface area (Å²) in [7, 11) is -3.17. The molecule has 0 atom stereocenters. The fourth-order valence-corrected chi connectivity index (χ4v) is 8.03. The highest BCUT2D eigenvalue weighted by Crippen LogP contribution is 2.48. The average Bonchev–Trinajstić information content (AvgIpc) is 3.59. The molecule has 6 rings (SSSR count). The molecule has 2 aromatic rings. The highest BCUT2D eigenvalue weighted by molar-refractivity contribution is 7.92. The summed E-state index contributed by atoms with van der Waals surface area (Å²) >= 11 is 0. The lowest BCUT2D eigenvalue weighted by molar-refractivity contribution is -0.136. The van der Waals surface area contributed by atoms with Crippen molar-refractivity contribution in [1.29, 1.82) is 0 Å². The molecule has 37 heavy (non-hydrogen) atoms. The molecule has 0 unspecified atom stereocenters. The van der Waals surface area contributed by atoms with Gasteiger partial charge >= 0.3 is 6.18 Å².